The third-order valence-corrected chi connectivity index (χ3v) is 9.21. The number of aromatic nitrogens is 2. The van der Waals surface area contributed by atoms with Crippen LogP contribution in [0.15, 0.2) is 83.5 Å². The molecule has 3 aromatic heterocycles. The molecule has 6 aromatic rings. The molecule has 3 heterocycles. The molecule has 3 nitrogen and oxygen atoms in total. The van der Waals surface area contributed by atoms with E-state index in [1.54, 1.807) is 0 Å². The van der Waals surface area contributed by atoms with Crippen LogP contribution in [0, 0.1) is 25.8 Å². The van der Waals surface area contributed by atoms with Gasteiger partial charge in [0.2, 0.25) is 0 Å². The van der Waals surface area contributed by atoms with E-state index in [0.717, 1.165) is 33.2 Å². The van der Waals surface area contributed by atoms with E-state index >= 15 is 0 Å². The summed E-state index contributed by atoms with van der Waals surface area (Å²) in [6.45, 7) is 9.37. The number of rotatable bonds is 1. The van der Waals surface area contributed by atoms with E-state index in [-0.39, 0.29) is 36.6 Å². The fraction of sp³-hybridized carbons (Fsp3) is 0.300. The first kappa shape index (κ1) is 24.7. The molecular formula is C40H40IrN2O-2. The van der Waals surface area contributed by atoms with Gasteiger partial charge in [0.15, 0.2) is 0 Å². The zero-order valence-electron chi connectivity index (χ0n) is 32.1. The summed E-state index contributed by atoms with van der Waals surface area (Å²) in [5.74, 6) is 0. The number of aryl methyl sites for hydroxylation is 1. The summed E-state index contributed by atoms with van der Waals surface area (Å²) < 4.78 is 54.9. The average molecular weight is 763 g/mol. The maximum atomic E-state index is 8.27. The van der Waals surface area contributed by atoms with Gasteiger partial charge in [-0.15, -0.1) is 42.0 Å². The van der Waals surface area contributed by atoms with Gasteiger partial charge in [-0.3, -0.25) is 4.98 Å². The van der Waals surface area contributed by atoms with E-state index in [4.69, 9.17) is 12.6 Å². The molecule has 0 amide bonds. The topological polar surface area (TPSA) is 38.9 Å². The molecule has 0 fully saturated rings. The predicted octanol–water partition coefficient (Wildman–Crippen LogP) is 10.5. The number of para-hydroxylation sites is 1. The van der Waals surface area contributed by atoms with Crippen LogP contribution >= 0.6 is 0 Å². The van der Waals surface area contributed by atoms with Crippen LogP contribution in [0.25, 0.3) is 44.5 Å². The van der Waals surface area contributed by atoms with E-state index in [9.17, 15) is 0 Å². The molecule has 1 aliphatic carbocycles. The van der Waals surface area contributed by atoms with Gasteiger partial charge < -0.3 is 9.40 Å². The SMILES string of the molecule is CC(C)(C)c1ccc(-c2[c-]cccc2)nc1.[2H]C([2H])([2H])c1cnc2c(c1C([2H])([2H])[2H])C(C)(C)C(C)(C)c1cc3oc4ccccc4c3[c-]c1-2.[Ir]. The molecule has 0 atom stereocenters. The number of hydrogen-bond donors (Lipinski definition) is 0. The first-order chi connectivity index (χ1) is 22.7. The number of furan rings is 1. The Bertz CT molecular complexity index is 2180. The van der Waals surface area contributed by atoms with Crippen LogP contribution in [-0.4, -0.2) is 9.97 Å². The molecule has 0 aliphatic heterocycles. The summed E-state index contributed by atoms with van der Waals surface area (Å²) in [6, 6.07) is 28.5. The van der Waals surface area contributed by atoms with Gasteiger partial charge in [0.1, 0.15) is 0 Å². The van der Waals surface area contributed by atoms with Crippen molar-refractivity contribution in [3.05, 3.63) is 119 Å². The summed E-state index contributed by atoms with van der Waals surface area (Å²) in [6.07, 6.45) is 3.16. The zero-order chi connectivity index (χ0) is 35.7. The molecule has 0 spiro atoms. The largest absolute Gasteiger partial charge is 0.500 e. The predicted molar refractivity (Wildman–Crippen MR) is 179 cm³/mol. The Morgan fingerprint density at radius 2 is 1.61 bits per heavy atom. The second-order valence-corrected chi connectivity index (χ2v) is 13.4. The van der Waals surface area contributed by atoms with Crippen molar-refractivity contribution in [1.82, 2.24) is 9.97 Å². The van der Waals surface area contributed by atoms with Crippen molar-refractivity contribution >= 4 is 21.9 Å². The summed E-state index contributed by atoms with van der Waals surface area (Å²) in [7, 11) is 0. The van der Waals surface area contributed by atoms with Crippen molar-refractivity contribution in [1.29, 1.82) is 0 Å². The van der Waals surface area contributed by atoms with Crippen molar-refractivity contribution in [2.75, 3.05) is 0 Å². The van der Waals surface area contributed by atoms with Crippen molar-refractivity contribution < 1.29 is 32.7 Å². The Morgan fingerprint density at radius 1 is 0.841 bits per heavy atom. The second kappa shape index (κ2) is 11.4. The molecule has 1 aliphatic rings. The van der Waals surface area contributed by atoms with Gasteiger partial charge in [0.25, 0.3) is 0 Å². The van der Waals surface area contributed by atoms with Gasteiger partial charge >= 0.3 is 0 Å². The van der Waals surface area contributed by atoms with Crippen LogP contribution in [-0.2, 0) is 36.4 Å². The Morgan fingerprint density at radius 3 is 2.27 bits per heavy atom. The second-order valence-electron chi connectivity index (χ2n) is 13.4. The molecule has 0 unspecified atom stereocenters. The number of pyridine rings is 2. The van der Waals surface area contributed by atoms with E-state index in [1.165, 1.54) is 11.8 Å². The average Bonchev–Trinajstić information content (AvgIpc) is 3.40. The molecule has 7 rings (SSSR count). The Hall–Kier alpha value is -3.59. The smallest absolute Gasteiger partial charge is 0.0912 e. The maximum Gasteiger partial charge on any atom is 0.0912 e. The number of nitrogens with zero attached hydrogens (tertiary/aromatic N) is 2. The van der Waals surface area contributed by atoms with Crippen LogP contribution in [0.5, 0.6) is 0 Å². The fourth-order valence-corrected chi connectivity index (χ4v) is 5.88. The van der Waals surface area contributed by atoms with Crippen molar-refractivity contribution in [3.8, 4) is 22.5 Å². The normalized spacial score (nSPS) is 17.2. The Balaban J connectivity index is 0.000000241. The summed E-state index contributed by atoms with van der Waals surface area (Å²) in [5, 5.41) is 1.71. The van der Waals surface area contributed by atoms with Gasteiger partial charge in [0.05, 0.1) is 11.2 Å². The molecule has 1 radical (unpaired) electrons. The molecule has 44 heavy (non-hydrogen) atoms. The van der Waals surface area contributed by atoms with Crippen LogP contribution in [0.2, 0.25) is 0 Å². The monoisotopic (exact) mass is 763 g/mol. The molecule has 0 saturated carbocycles. The minimum Gasteiger partial charge on any atom is -0.500 e. The number of benzene rings is 3. The number of hydrogen-bond acceptors (Lipinski definition) is 3. The van der Waals surface area contributed by atoms with Gasteiger partial charge in [0, 0.05) is 46.4 Å². The summed E-state index contributed by atoms with van der Waals surface area (Å²) in [5.41, 5.74) is 5.82. The quantitative estimate of drug-likeness (QED) is 0.157. The first-order valence-corrected chi connectivity index (χ1v) is 14.6. The Labute approximate surface area is 283 Å². The van der Waals surface area contributed by atoms with Gasteiger partial charge in [-0.05, 0) is 69.3 Å². The summed E-state index contributed by atoms with van der Waals surface area (Å²) >= 11 is 0. The van der Waals surface area contributed by atoms with Crippen molar-refractivity contribution in [2.24, 2.45) is 0 Å². The third kappa shape index (κ3) is 5.23. The maximum absolute atomic E-state index is 8.27. The van der Waals surface area contributed by atoms with Crippen molar-refractivity contribution in [3.63, 3.8) is 0 Å². The van der Waals surface area contributed by atoms with Crippen LogP contribution in [0.1, 0.15) is 84.5 Å². The molecule has 0 saturated heterocycles. The molecule has 0 bridgehead atoms. The first-order valence-electron chi connectivity index (χ1n) is 17.6. The van der Waals surface area contributed by atoms with E-state index < -0.39 is 24.5 Å². The van der Waals surface area contributed by atoms with Crippen LogP contribution in [0.4, 0.5) is 0 Å². The van der Waals surface area contributed by atoms with Gasteiger partial charge in [-0.2, -0.15) is 0 Å². The van der Waals surface area contributed by atoms with Crippen LogP contribution in [0.3, 0.4) is 0 Å². The molecule has 4 heteroatoms. The molecular weight excluding hydrogens is 717 g/mol. The van der Waals surface area contributed by atoms with E-state index in [1.807, 2.05) is 88.5 Å². The summed E-state index contributed by atoms with van der Waals surface area (Å²) in [4.78, 5) is 9.05. The number of fused-ring (bicyclic) bond motifs is 6. The Kier molecular flexibility index (Phi) is 6.40. The van der Waals surface area contributed by atoms with E-state index in [2.05, 4.69) is 55.0 Å². The molecule has 227 valence electrons. The molecule has 3 aromatic carbocycles. The minimum absolute atomic E-state index is 0. The fourth-order valence-electron chi connectivity index (χ4n) is 5.88. The zero-order valence-corrected chi connectivity index (χ0v) is 28.5. The minimum atomic E-state index is -2.62. The third-order valence-electron chi connectivity index (χ3n) is 9.21. The van der Waals surface area contributed by atoms with Crippen molar-refractivity contribution in [2.45, 2.75) is 78.4 Å². The molecule has 0 N–H and O–H groups in total. The van der Waals surface area contributed by atoms with Crippen LogP contribution < -0.4 is 0 Å². The standard InChI is InChI=1S/C25H24NO.C15H16N.Ir/c1-14-13-26-23-18-11-17-16-9-7-8-10-20(16)27-21(17)12-19(18)24(3,4)25(5,6)22(23)15(14)2;1-15(2,3)13-9-10-14(16-11-13)12-7-5-4-6-8-12;/h7-10,12-13H,1-6H3;4-7,9-11H,1-3H3;/q2*-1;/i1D3,2D3;;. The van der Waals surface area contributed by atoms with E-state index in [0.29, 0.717) is 22.4 Å². The van der Waals surface area contributed by atoms with Gasteiger partial charge in [-0.25, -0.2) is 0 Å². The van der Waals surface area contributed by atoms with Gasteiger partial charge in [-0.1, -0.05) is 101 Å².